The van der Waals surface area contributed by atoms with Crippen molar-refractivity contribution in [2.45, 2.75) is 76.8 Å². The molecule has 2 fully saturated rings. The van der Waals surface area contributed by atoms with Gasteiger partial charge in [0.1, 0.15) is 5.54 Å². The molecule has 114 valence electrons. The fourth-order valence-corrected chi connectivity index (χ4v) is 3.96. The summed E-state index contributed by atoms with van der Waals surface area (Å²) >= 11 is 0. The molecule has 0 bridgehead atoms. The van der Waals surface area contributed by atoms with E-state index in [4.69, 9.17) is 0 Å². The number of nitrogens with zero attached hydrogens (tertiary/aromatic N) is 2. The maximum atomic E-state index is 9.44. The van der Waals surface area contributed by atoms with E-state index in [1.165, 1.54) is 45.1 Å². The first-order valence-corrected chi connectivity index (χ1v) is 8.59. The number of hydrogen-bond acceptors (Lipinski definition) is 3. The molecule has 0 aromatic carbocycles. The molecule has 2 aliphatic rings. The van der Waals surface area contributed by atoms with Crippen LogP contribution in [0.15, 0.2) is 0 Å². The Morgan fingerprint density at radius 2 is 2.00 bits per heavy atom. The average molecular weight is 277 g/mol. The van der Waals surface area contributed by atoms with Crippen molar-refractivity contribution in [3.8, 4) is 6.07 Å². The third-order valence-electron chi connectivity index (χ3n) is 5.27. The maximum Gasteiger partial charge on any atom is 0.105 e. The zero-order chi connectivity index (χ0) is 14.4. The minimum absolute atomic E-state index is 0.350. The van der Waals surface area contributed by atoms with E-state index in [1.54, 1.807) is 0 Å². The van der Waals surface area contributed by atoms with Crippen LogP contribution in [0.25, 0.3) is 0 Å². The summed E-state index contributed by atoms with van der Waals surface area (Å²) in [6.45, 7) is 7.49. The largest absolute Gasteiger partial charge is 0.300 e. The van der Waals surface area contributed by atoms with E-state index in [9.17, 15) is 5.26 Å². The molecule has 1 saturated carbocycles. The molecular weight excluding hydrogens is 246 g/mol. The zero-order valence-electron chi connectivity index (χ0n) is 13.3. The van der Waals surface area contributed by atoms with E-state index >= 15 is 0 Å². The van der Waals surface area contributed by atoms with Crippen molar-refractivity contribution in [1.29, 1.82) is 5.26 Å². The molecule has 1 unspecified atom stereocenters. The van der Waals surface area contributed by atoms with Gasteiger partial charge in [0.05, 0.1) is 6.07 Å². The Kier molecular flexibility index (Phi) is 5.86. The topological polar surface area (TPSA) is 39.1 Å². The van der Waals surface area contributed by atoms with E-state index in [0.29, 0.717) is 0 Å². The Morgan fingerprint density at radius 1 is 1.25 bits per heavy atom. The number of rotatable bonds is 6. The van der Waals surface area contributed by atoms with Gasteiger partial charge in [0.15, 0.2) is 0 Å². The minimum Gasteiger partial charge on any atom is -0.300 e. The molecule has 3 heteroatoms. The van der Waals surface area contributed by atoms with Gasteiger partial charge in [0.25, 0.3) is 0 Å². The van der Waals surface area contributed by atoms with E-state index in [2.05, 4.69) is 30.1 Å². The summed E-state index contributed by atoms with van der Waals surface area (Å²) in [5.74, 6) is 0.939. The quantitative estimate of drug-likeness (QED) is 0.809. The number of fused-ring (bicyclic) bond motifs is 1. The molecule has 1 N–H and O–H groups in total. The lowest BCUT2D eigenvalue weighted by molar-refractivity contribution is 0.0559. The van der Waals surface area contributed by atoms with Crippen LogP contribution in [0.2, 0.25) is 0 Å². The SMILES string of the molecule is CCCNC(C)(C#N)CCN1CCC[C@H]2CCCC[C@H]21. The summed E-state index contributed by atoms with van der Waals surface area (Å²) in [6.07, 6.45) is 10.5. The summed E-state index contributed by atoms with van der Waals surface area (Å²) in [6, 6.07) is 3.30. The van der Waals surface area contributed by atoms with Crippen molar-refractivity contribution in [3.63, 3.8) is 0 Å². The van der Waals surface area contributed by atoms with E-state index in [-0.39, 0.29) is 5.54 Å². The van der Waals surface area contributed by atoms with Crippen LogP contribution < -0.4 is 5.32 Å². The summed E-state index contributed by atoms with van der Waals surface area (Å²) in [5.41, 5.74) is -0.350. The van der Waals surface area contributed by atoms with Gasteiger partial charge >= 0.3 is 0 Å². The lowest BCUT2D eigenvalue weighted by Gasteiger charge is -2.45. The molecule has 1 aliphatic carbocycles. The third kappa shape index (κ3) is 3.96. The monoisotopic (exact) mass is 277 g/mol. The van der Waals surface area contributed by atoms with Crippen LogP contribution in [0.5, 0.6) is 0 Å². The first-order valence-electron chi connectivity index (χ1n) is 8.59. The Morgan fingerprint density at radius 3 is 2.75 bits per heavy atom. The summed E-state index contributed by atoms with van der Waals surface area (Å²) in [4.78, 5) is 2.69. The van der Waals surface area contributed by atoms with Gasteiger partial charge in [-0.15, -0.1) is 0 Å². The van der Waals surface area contributed by atoms with Crippen molar-refractivity contribution in [2.24, 2.45) is 5.92 Å². The zero-order valence-corrected chi connectivity index (χ0v) is 13.3. The molecule has 0 aromatic rings. The van der Waals surface area contributed by atoms with Gasteiger partial charge in [-0.2, -0.15) is 5.26 Å². The van der Waals surface area contributed by atoms with Gasteiger partial charge in [-0.3, -0.25) is 5.32 Å². The lowest BCUT2D eigenvalue weighted by atomic mass is 9.78. The molecule has 1 heterocycles. The van der Waals surface area contributed by atoms with E-state index in [0.717, 1.165) is 37.9 Å². The van der Waals surface area contributed by atoms with Crippen LogP contribution >= 0.6 is 0 Å². The van der Waals surface area contributed by atoms with Crippen LogP contribution in [0.4, 0.5) is 0 Å². The van der Waals surface area contributed by atoms with Gasteiger partial charge in [-0.25, -0.2) is 0 Å². The molecule has 0 radical (unpaired) electrons. The molecule has 20 heavy (non-hydrogen) atoms. The highest BCUT2D eigenvalue weighted by molar-refractivity contribution is 5.04. The second-order valence-corrected chi connectivity index (χ2v) is 6.91. The second kappa shape index (κ2) is 7.43. The van der Waals surface area contributed by atoms with Crippen molar-refractivity contribution in [1.82, 2.24) is 10.2 Å². The number of nitriles is 1. The Hall–Kier alpha value is -0.590. The number of hydrogen-bond donors (Lipinski definition) is 1. The van der Waals surface area contributed by atoms with Crippen molar-refractivity contribution < 1.29 is 0 Å². The van der Waals surface area contributed by atoms with Crippen LogP contribution in [-0.4, -0.2) is 36.1 Å². The van der Waals surface area contributed by atoms with E-state index in [1.807, 2.05) is 0 Å². The fourth-order valence-electron chi connectivity index (χ4n) is 3.96. The predicted octanol–water partition coefficient (Wildman–Crippen LogP) is 3.31. The van der Waals surface area contributed by atoms with Crippen LogP contribution in [0.1, 0.15) is 65.2 Å². The molecule has 3 nitrogen and oxygen atoms in total. The summed E-state index contributed by atoms with van der Waals surface area (Å²) in [7, 11) is 0. The Bertz CT molecular complexity index is 334. The smallest absolute Gasteiger partial charge is 0.105 e. The first kappa shape index (κ1) is 15.8. The van der Waals surface area contributed by atoms with Crippen LogP contribution in [0.3, 0.4) is 0 Å². The fraction of sp³-hybridized carbons (Fsp3) is 0.941. The Labute approximate surface area is 124 Å². The van der Waals surface area contributed by atoms with Crippen LogP contribution in [-0.2, 0) is 0 Å². The highest BCUT2D eigenvalue weighted by Gasteiger charge is 2.34. The summed E-state index contributed by atoms with van der Waals surface area (Å²) < 4.78 is 0. The molecule has 2 rings (SSSR count). The number of piperidine rings is 1. The minimum atomic E-state index is -0.350. The highest BCUT2D eigenvalue weighted by Crippen LogP contribution is 2.35. The molecule has 3 atom stereocenters. The van der Waals surface area contributed by atoms with Crippen molar-refractivity contribution >= 4 is 0 Å². The molecule has 0 aromatic heterocycles. The Balaban J connectivity index is 1.86. The molecule has 0 spiro atoms. The standard InChI is InChI=1S/C17H31N3/c1-3-11-19-17(2,14-18)10-13-20-12-6-8-15-7-4-5-9-16(15)20/h15-16,19H,3-13H2,1-2H3/t15-,16-,17?/m1/s1. The van der Waals surface area contributed by atoms with Gasteiger partial charge in [0, 0.05) is 12.6 Å². The van der Waals surface area contributed by atoms with Gasteiger partial charge in [0.2, 0.25) is 0 Å². The second-order valence-electron chi connectivity index (χ2n) is 6.91. The lowest BCUT2D eigenvalue weighted by Crippen LogP contribution is -2.50. The maximum absolute atomic E-state index is 9.44. The molecule has 0 amide bonds. The number of nitrogens with one attached hydrogen (secondary N) is 1. The van der Waals surface area contributed by atoms with Gasteiger partial charge in [-0.05, 0) is 64.5 Å². The molecule has 1 saturated heterocycles. The van der Waals surface area contributed by atoms with Crippen molar-refractivity contribution in [2.75, 3.05) is 19.6 Å². The predicted molar refractivity (Wildman–Crippen MR) is 83.5 cm³/mol. The van der Waals surface area contributed by atoms with Crippen molar-refractivity contribution in [3.05, 3.63) is 0 Å². The third-order valence-corrected chi connectivity index (χ3v) is 5.27. The van der Waals surface area contributed by atoms with Gasteiger partial charge < -0.3 is 4.90 Å². The molecule has 1 aliphatic heterocycles. The highest BCUT2D eigenvalue weighted by atomic mass is 15.2. The van der Waals surface area contributed by atoms with Gasteiger partial charge in [-0.1, -0.05) is 19.8 Å². The normalized spacial score (nSPS) is 30.2. The summed E-state index contributed by atoms with van der Waals surface area (Å²) in [5, 5.41) is 12.9. The molecular formula is C17H31N3. The first-order chi connectivity index (χ1) is 9.68. The number of likely N-dealkylation sites (tertiary alicyclic amines) is 1. The average Bonchev–Trinajstić information content (AvgIpc) is 2.51. The van der Waals surface area contributed by atoms with E-state index < -0.39 is 0 Å². The van der Waals surface area contributed by atoms with Crippen LogP contribution in [0, 0.1) is 17.2 Å².